The third kappa shape index (κ3) is 2.06. The van der Waals surface area contributed by atoms with E-state index in [1.54, 1.807) is 0 Å². The Hall–Kier alpha value is -3.24. The highest BCUT2D eigenvalue weighted by Gasteiger charge is 2.22. The zero-order chi connectivity index (χ0) is 17.7. The number of hydrogen-bond donors (Lipinski definition) is 1. The standard InChI is InChI=1S/C21H15ClN4/c22-19-15-10-4-6-12-17(15)25(14-8-2-1-3-9-14)20(19)26-18-13-7-5-11-16(18)24-21(26)23/h1-13H,(H2,23,24). The van der Waals surface area contributed by atoms with Crippen LogP contribution < -0.4 is 5.73 Å². The molecule has 5 heteroatoms. The molecule has 2 heterocycles. The molecule has 0 bridgehead atoms. The van der Waals surface area contributed by atoms with Crippen molar-refractivity contribution in [3.8, 4) is 11.5 Å². The van der Waals surface area contributed by atoms with Crippen LogP contribution in [0.1, 0.15) is 0 Å². The van der Waals surface area contributed by atoms with Gasteiger partial charge in [-0.25, -0.2) is 4.98 Å². The molecule has 0 aliphatic heterocycles. The summed E-state index contributed by atoms with van der Waals surface area (Å²) in [5.74, 6) is 1.21. The zero-order valence-electron chi connectivity index (χ0n) is 13.8. The van der Waals surface area contributed by atoms with Crippen molar-refractivity contribution in [2.24, 2.45) is 0 Å². The lowest BCUT2D eigenvalue weighted by Gasteiger charge is -2.13. The van der Waals surface area contributed by atoms with Gasteiger partial charge in [-0.1, -0.05) is 60.1 Å². The van der Waals surface area contributed by atoms with Crippen molar-refractivity contribution < 1.29 is 0 Å². The number of benzene rings is 3. The third-order valence-corrected chi connectivity index (χ3v) is 4.98. The van der Waals surface area contributed by atoms with E-state index >= 15 is 0 Å². The van der Waals surface area contributed by atoms with Gasteiger partial charge in [-0.15, -0.1) is 0 Å². The van der Waals surface area contributed by atoms with Gasteiger partial charge in [-0.05, 0) is 30.3 Å². The fourth-order valence-corrected chi connectivity index (χ4v) is 3.82. The predicted octanol–water partition coefficient (Wildman–Crippen LogP) is 5.21. The Morgan fingerprint density at radius 2 is 1.38 bits per heavy atom. The highest BCUT2D eigenvalue weighted by atomic mass is 35.5. The normalized spacial score (nSPS) is 11.4. The summed E-state index contributed by atoms with van der Waals surface area (Å²) in [7, 11) is 0. The molecular weight excluding hydrogens is 344 g/mol. The molecule has 126 valence electrons. The topological polar surface area (TPSA) is 48.8 Å². The Labute approximate surface area is 155 Å². The maximum atomic E-state index is 6.85. The first-order valence-electron chi connectivity index (χ1n) is 8.33. The monoisotopic (exact) mass is 358 g/mol. The number of para-hydroxylation sites is 4. The molecule has 0 unspecified atom stereocenters. The number of aromatic nitrogens is 3. The second kappa shape index (κ2) is 5.64. The van der Waals surface area contributed by atoms with Crippen LogP contribution in [-0.2, 0) is 0 Å². The number of imidazole rings is 1. The summed E-state index contributed by atoms with van der Waals surface area (Å²) >= 11 is 6.85. The van der Waals surface area contributed by atoms with Crippen LogP contribution in [0.15, 0.2) is 78.9 Å². The maximum absolute atomic E-state index is 6.85. The first-order valence-corrected chi connectivity index (χ1v) is 8.71. The fourth-order valence-electron chi connectivity index (χ4n) is 3.49. The zero-order valence-corrected chi connectivity index (χ0v) is 14.6. The highest BCUT2D eigenvalue weighted by Crippen LogP contribution is 2.38. The Bertz CT molecular complexity index is 1250. The molecule has 3 aromatic carbocycles. The van der Waals surface area contributed by atoms with E-state index in [9.17, 15) is 0 Å². The van der Waals surface area contributed by atoms with Crippen molar-refractivity contribution in [3.63, 3.8) is 0 Å². The van der Waals surface area contributed by atoms with E-state index in [0.29, 0.717) is 11.0 Å². The lowest BCUT2D eigenvalue weighted by Crippen LogP contribution is -2.07. The van der Waals surface area contributed by atoms with Gasteiger partial charge in [-0.2, -0.15) is 0 Å². The molecule has 0 amide bonds. The van der Waals surface area contributed by atoms with E-state index in [1.165, 1.54) is 0 Å². The molecule has 0 atom stereocenters. The van der Waals surface area contributed by atoms with E-state index in [-0.39, 0.29) is 0 Å². The second-order valence-electron chi connectivity index (χ2n) is 6.12. The summed E-state index contributed by atoms with van der Waals surface area (Å²) < 4.78 is 4.05. The van der Waals surface area contributed by atoms with E-state index in [0.717, 1.165) is 33.4 Å². The molecule has 26 heavy (non-hydrogen) atoms. The van der Waals surface area contributed by atoms with Crippen LogP contribution in [-0.4, -0.2) is 14.1 Å². The van der Waals surface area contributed by atoms with Crippen molar-refractivity contribution in [2.75, 3.05) is 5.73 Å². The average Bonchev–Trinajstić information content (AvgIpc) is 3.16. The summed E-state index contributed by atoms with van der Waals surface area (Å²) in [5.41, 5.74) is 10.1. The molecule has 0 aliphatic rings. The van der Waals surface area contributed by atoms with Gasteiger partial charge < -0.3 is 5.73 Å². The van der Waals surface area contributed by atoms with Crippen molar-refractivity contribution in [1.82, 2.24) is 14.1 Å². The van der Waals surface area contributed by atoms with Crippen LogP contribution in [0.2, 0.25) is 5.02 Å². The third-order valence-electron chi connectivity index (χ3n) is 4.60. The fraction of sp³-hybridized carbons (Fsp3) is 0. The van der Waals surface area contributed by atoms with Crippen molar-refractivity contribution in [2.45, 2.75) is 0 Å². The second-order valence-corrected chi connectivity index (χ2v) is 6.50. The minimum Gasteiger partial charge on any atom is -0.369 e. The smallest absolute Gasteiger partial charge is 0.207 e. The number of rotatable bonds is 2. The quantitative estimate of drug-likeness (QED) is 0.471. The Balaban J connectivity index is 1.97. The van der Waals surface area contributed by atoms with Crippen LogP contribution in [0.4, 0.5) is 5.95 Å². The van der Waals surface area contributed by atoms with Gasteiger partial charge in [0.25, 0.3) is 0 Å². The number of fused-ring (bicyclic) bond motifs is 2. The molecule has 0 saturated carbocycles. The number of nitrogen functional groups attached to an aromatic ring is 1. The molecule has 0 saturated heterocycles. The van der Waals surface area contributed by atoms with E-state index < -0.39 is 0 Å². The van der Waals surface area contributed by atoms with Gasteiger partial charge in [0, 0.05) is 11.1 Å². The molecule has 0 aliphatic carbocycles. The lowest BCUT2D eigenvalue weighted by atomic mass is 10.2. The number of anilines is 1. The van der Waals surface area contributed by atoms with E-state index in [4.69, 9.17) is 17.3 Å². The van der Waals surface area contributed by atoms with Gasteiger partial charge in [0.15, 0.2) is 0 Å². The van der Waals surface area contributed by atoms with E-state index in [1.807, 2.05) is 65.2 Å². The first-order chi connectivity index (χ1) is 12.8. The molecule has 5 aromatic rings. The number of nitrogens with two attached hydrogens (primary N) is 1. The van der Waals surface area contributed by atoms with Crippen LogP contribution in [0.3, 0.4) is 0 Å². The van der Waals surface area contributed by atoms with Crippen LogP contribution in [0, 0.1) is 0 Å². The molecule has 0 fully saturated rings. The van der Waals surface area contributed by atoms with Gasteiger partial charge in [0.05, 0.1) is 21.6 Å². The maximum Gasteiger partial charge on any atom is 0.207 e. The molecule has 0 radical (unpaired) electrons. The lowest BCUT2D eigenvalue weighted by molar-refractivity contribution is 0.975. The minimum atomic E-state index is 0.410. The van der Waals surface area contributed by atoms with Crippen LogP contribution >= 0.6 is 11.6 Å². The molecule has 5 rings (SSSR count). The average molecular weight is 359 g/mol. The Morgan fingerprint density at radius 1 is 0.731 bits per heavy atom. The van der Waals surface area contributed by atoms with Crippen molar-refractivity contribution >= 4 is 39.5 Å². The molecular formula is C21H15ClN4. The Kier molecular flexibility index (Phi) is 3.27. The number of nitrogens with zero attached hydrogens (tertiary/aromatic N) is 3. The largest absolute Gasteiger partial charge is 0.369 e. The number of hydrogen-bond acceptors (Lipinski definition) is 2. The Morgan fingerprint density at radius 3 is 2.19 bits per heavy atom. The SMILES string of the molecule is Nc1nc2ccccc2n1-c1c(Cl)c2ccccc2n1-c1ccccc1. The van der Waals surface area contributed by atoms with Gasteiger partial charge >= 0.3 is 0 Å². The summed E-state index contributed by atoms with van der Waals surface area (Å²) in [5, 5.41) is 1.63. The predicted molar refractivity (Wildman–Crippen MR) is 107 cm³/mol. The van der Waals surface area contributed by atoms with Gasteiger partial charge in [-0.3, -0.25) is 9.13 Å². The van der Waals surface area contributed by atoms with Crippen molar-refractivity contribution in [1.29, 1.82) is 0 Å². The molecule has 2 N–H and O–H groups in total. The first kappa shape index (κ1) is 15.0. The van der Waals surface area contributed by atoms with Gasteiger partial charge in [0.2, 0.25) is 5.95 Å². The van der Waals surface area contributed by atoms with Crippen LogP contribution in [0.25, 0.3) is 33.4 Å². The van der Waals surface area contributed by atoms with E-state index in [2.05, 4.69) is 27.8 Å². The highest BCUT2D eigenvalue weighted by molar-refractivity contribution is 6.37. The molecule has 0 spiro atoms. The summed E-state index contributed by atoms with van der Waals surface area (Å²) in [6.07, 6.45) is 0. The summed E-state index contributed by atoms with van der Waals surface area (Å²) in [4.78, 5) is 4.50. The summed E-state index contributed by atoms with van der Waals surface area (Å²) in [6, 6.07) is 26.1. The minimum absolute atomic E-state index is 0.410. The number of halogens is 1. The molecule has 4 nitrogen and oxygen atoms in total. The molecule has 2 aromatic heterocycles. The van der Waals surface area contributed by atoms with Gasteiger partial charge in [0.1, 0.15) is 5.82 Å². The van der Waals surface area contributed by atoms with Crippen LogP contribution in [0.5, 0.6) is 0 Å². The van der Waals surface area contributed by atoms with Crippen molar-refractivity contribution in [3.05, 3.63) is 83.9 Å². The summed E-state index contributed by atoms with van der Waals surface area (Å²) in [6.45, 7) is 0.